The molecular formula is C24H32F2IN5O. The Balaban J connectivity index is 0.00000306. The fourth-order valence-electron chi connectivity index (χ4n) is 3.83. The Bertz CT molecular complexity index is 933. The van der Waals surface area contributed by atoms with Crippen LogP contribution in [0.25, 0.3) is 0 Å². The Hall–Kier alpha value is -2.01. The Kier molecular flexibility index (Phi) is 9.66. The molecule has 33 heavy (non-hydrogen) atoms. The first-order valence-electron chi connectivity index (χ1n) is 11.3. The highest BCUT2D eigenvalue weighted by Gasteiger charge is 2.22. The number of ether oxygens (including phenoxy) is 1. The highest BCUT2D eigenvalue weighted by Crippen LogP contribution is 2.29. The fraction of sp³-hybridized carbons (Fsp3) is 0.500. The second kappa shape index (κ2) is 12.5. The number of aromatic nitrogens is 1. The van der Waals surface area contributed by atoms with Crippen LogP contribution < -0.4 is 15.4 Å². The summed E-state index contributed by atoms with van der Waals surface area (Å²) in [6, 6.07) is 8.39. The highest BCUT2D eigenvalue weighted by atomic mass is 127. The van der Waals surface area contributed by atoms with Gasteiger partial charge in [0.25, 0.3) is 0 Å². The summed E-state index contributed by atoms with van der Waals surface area (Å²) in [4.78, 5) is 10.9. The number of rotatable bonds is 8. The van der Waals surface area contributed by atoms with E-state index in [1.807, 2.05) is 12.1 Å². The SMILES string of the molecule is CN=C(NCc1ccnc(OCC2CC2)c1)NC1CCN(Cc2ccc(F)c(F)c2)CC1.I. The smallest absolute Gasteiger partial charge is 0.213 e. The number of hydrogen-bond acceptors (Lipinski definition) is 4. The third-order valence-corrected chi connectivity index (χ3v) is 5.97. The van der Waals surface area contributed by atoms with Crippen LogP contribution in [0.5, 0.6) is 5.88 Å². The molecule has 0 atom stereocenters. The number of benzene rings is 1. The Morgan fingerprint density at radius 3 is 2.58 bits per heavy atom. The van der Waals surface area contributed by atoms with Gasteiger partial charge in [0.05, 0.1) is 6.61 Å². The number of pyridine rings is 1. The van der Waals surface area contributed by atoms with Crippen molar-refractivity contribution in [3.05, 3.63) is 59.3 Å². The molecule has 0 radical (unpaired) electrons. The number of aliphatic imine (C=N–C) groups is 1. The minimum absolute atomic E-state index is 0. The van der Waals surface area contributed by atoms with Gasteiger partial charge in [0.15, 0.2) is 17.6 Å². The van der Waals surface area contributed by atoms with Gasteiger partial charge in [-0.15, -0.1) is 24.0 Å². The van der Waals surface area contributed by atoms with Crippen LogP contribution in [0.3, 0.4) is 0 Å². The van der Waals surface area contributed by atoms with Gasteiger partial charge in [0.1, 0.15) is 0 Å². The maximum atomic E-state index is 13.4. The molecule has 2 aromatic rings. The zero-order valence-electron chi connectivity index (χ0n) is 18.9. The van der Waals surface area contributed by atoms with Crippen LogP contribution in [0.2, 0.25) is 0 Å². The molecule has 1 aliphatic carbocycles. The lowest BCUT2D eigenvalue weighted by atomic mass is 10.0. The number of halogens is 3. The van der Waals surface area contributed by atoms with Crippen molar-refractivity contribution in [1.82, 2.24) is 20.5 Å². The molecule has 2 heterocycles. The normalized spacial score (nSPS) is 17.4. The zero-order valence-corrected chi connectivity index (χ0v) is 21.2. The van der Waals surface area contributed by atoms with Gasteiger partial charge in [-0.1, -0.05) is 6.07 Å². The first-order chi connectivity index (χ1) is 15.6. The lowest BCUT2D eigenvalue weighted by molar-refractivity contribution is 0.198. The van der Waals surface area contributed by atoms with E-state index in [1.165, 1.54) is 25.0 Å². The molecule has 9 heteroatoms. The van der Waals surface area contributed by atoms with Crippen molar-refractivity contribution in [2.24, 2.45) is 10.9 Å². The third-order valence-electron chi connectivity index (χ3n) is 5.97. The van der Waals surface area contributed by atoms with Gasteiger partial charge in [0, 0.05) is 51.5 Å². The average Bonchev–Trinajstić information content (AvgIpc) is 3.64. The summed E-state index contributed by atoms with van der Waals surface area (Å²) in [6.07, 6.45) is 6.20. The summed E-state index contributed by atoms with van der Waals surface area (Å²) in [6.45, 7) is 3.79. The molecule has 1 saturated heterocycles. The number of guanidine groups is 1. The molecule has 1 aromatic heterocycles. The summed E-state index contributed by atoms with van der Waals surface area (Å²) in [5, 5.41) is 6.86. The molecule has 1 aromatic carbocycles. The summed E-state index contributed by atoms with van der Waals surface area (Å²) in [7, 11) is 1.77. The van der Waals surface area contributed by atoms with Gasteiger partial charge in [-0.25, -0.2) is 13.8 Å². The van der Waals surface area contributed by atoms with Gasteiger partial charge in [-0.3, -0.25) is 9.89 Å². The van der Waals surface area contributed by atoms with Gasteiger partial charge < -0.3 is 15.4 Å². The van der Waals surface area contributed by atoms with Gasteiger partial charge in [0.2, 0.25) is 5.88 Å². The third kappa shape index (κ3) is 8.06. The predicted octanol–water partition coefficient (Wildman–Crippen LogP) is 4.10. The quantitative estimate of drug-likeness (QED) is 0.284. The van der Waals surface area contributed by atoms with E-state index in [0.29, 0.717) is 30.9 Å². The molecule has 2 aliphatic rings. The van der Waals surface area contributed by atoms with Crippen molar-refractivity contribution >= 4 is 29.9 Å². The molecule has 2 fully saturated rings. The van der Waals surface area contributed by atoms with Crippen molar-refractivity contribution in [3.8, 4) is 5.88 Å². The zero-order chi connectivity index (χ0) is 22.3. The molecule has 0 unspecified atom stereocenters. The maximum absolute atomic E-state index is 13.4. The van der Waals surface area contributed by atoms with E-state index in [1.54, 1.807) is 19.3 Å². The van der Waals surface area contributed by atoms with Crippen LogP contribution in [0.1, 0.15) is 36.8 Å². The summed E-state index contributed by atoms with van der Waals surface area (Å²) in [5.74, 6) is 0.549. The van der Waals surface area contributed by atoms with Crippen molar-refractivity contribution in [1.29, 1.82) is 0 Å². The van der Waals surface area contributed by atoms with Gasteiger partial charge in [-0.2, -0.15) is 0 Å². The van der Waals surface area contributed by atoms with E-state index in [0.717, 1.165) is 49.6 Å². The van der Waals surface area contributed by atoms with Crippen molar-refractivity contribution in [2.45, 2.75) is 44.8 Å². The lowest BCUT2D eigenvalue weighted by Crippen LogP contribution is -2.48. The van der Waals surface area contributed by atoms with Gasteiger partial charge in [-0.05, 0) is 60.9 Å². The van der Waals surface area contributed by atoms with Crippen LogP contribution in [-0.2, 0) is 13.1 Å². The topological polar surface area (TPSA) is 61.8 Å². The predicted molar refractivity (Wildman–Crippen MR) is 136 cm³/mol. The first kappa shape index (κ1) is 25.6. The summed E-state index contributed by atoms with van der Waals surface area (Å²) in [5.41, 5.74) is 1.89. The molecule has 4 rings (SSSR count). The van der Waals surface area contributed by atoms with Crippen LogP contribution in [-0.4, -0.2) is 48.6 Å². The fourth-order valence-corrected chi connectivity index (χ4v) is 3.83. The molecule has 2 N–H and O–H groups in total. The van der Waals surface area contributed by atoms with E-state index >= 15 is 0 Å². The van der Waals surface area contributed by atoms with Crippen molar-refractivity contribution in [2.75, 3.05) is 26.7 Å². The Morgan fingerprint density at radius 2 is 1.88 bits per heavy atom. The molecular weight excluding hydrogens is 539 g/mol. The maximum Gasteiger partial charge on any atom is 0.213 e. The molecule has 0 bridgehead atoms. The molecule has 0 amide bonds. The molecule has 0 spiro atoms. The summed E-state index contributed by atoms with van der Waals surface area (Å²) < 4.78 is 32.3. The lowest BCUT2D eigenvalue weighted by Gasteiger charge is -2.33. The Labute approximate surface area is 211 Å². The Morgan fingerprint density at radius 1 is 1.09 bits per heavy atom. The van der Waals surface area contributed by atoms with E-state index < -0.39 is 11.6 Å². The van der Waals surface area contributed by atoms with Crippen molar-refractivity contribution < 1.29 is 13.5 Å². The minimum atomic E-state index is -0.802. The summed E-state index contributed by atoms with van der Waals surface area (Å²) >= 11 is 0. The van der Waals surface area contributed by atoms with E-state index in [4.69, 9.17) is 4.74 Å². The minimum Gasteiger partial charge on any atom is -0.477 e. The highest BCUT2D eigenvalue weighted by molar-refractivity contribution is 14.0. The van der Waals surface area contributed by atoms with E-state index in [2.05, 4.69) is 25.5 Å². The molecule has 6 nitrogen and oxygen atoms in total. The molecule has 1 saturated carbocycles. The number of nitrogens with zero attached hydrogens (tertiary/aromatic N) is 3. The van der Waals surface area contributed by atoms with Crippen LogP contribution in [0.4, 0.5) is 8.78 Å². The van der Waals surface area contributed by atoms with Crippen LogP contribution in [0.15, 0.2) is 41.5 Å². The van der Waals surface area contributed by atoms with Crippen molar-refractivity contribution in [3.63, 3.8) is 0 Å². The number of piperidine rings is 1. The van der Waals surface area contributed by atoms with Crippen LogP contribution >= 0.6 is 24.0 Å². The standard InChI is InChI=1S/C24H31F2N5O.HI/c1-27-24(29-14-18-6-9-28-23(13-18)32-16-17-2-3-17)30-20-7-10-31(11-8-20)15-19-4-5-21(25)22(26)12-19;/h4-6,9,12-13,17,20H,2-3,7-8,10-11,14-16H2,1H3,(H2,27,29,30);1H. The van der Waals surface area contributed by atoms with E-state index in [-0.39, 0.29) is 24.0 Å². The number of nitrogens with one attached hydrogen (secondary N) is 2. The van der Waals surface area contributed by atoms with Gasteiger partial charge >= 0.3 is 0 Å². The van der Waals surface area contributed by atoms with E-state index in [9.17, 15) is 8.78 Å². The monoisotopic (exact) mass is 571 g/mol. The largest absolute Gasteiger partial charge is 0.477 e. The second-order valence-corrected chi connectivity index (χ2v) is 8.63. The van der Waals surface area contributed by atoms with Crippen LogP contribution in [0, 0.1) is 17.6 Å². The molecule has 1 aliphatic heterocycles. The molecule has 180 valence electrons. The number of hydrogen-bond donors (Lipinski definition) is 2. The second-order valence-electron chi connectivity index (χ2n) is 8.63. The first-order valence-corrected chi connectivity index (χ1v) is 11.3. The average molecular weight is 571 g/mol. The number of likely N-dealkylation sites (tertiary alicyclic amines) is 1.